The summed E-state index contributed by atoms with van der Waals surface area (Å²) in [5.74, 6) is 0.398. The second kappa shape index (κ2) is 6.36. The van der Waals surface area contributed by atoms with E-state index in [0.29, 0.717) is 23.9 Å². The third-order valence-electron chi connectivity index (χ3n) is 1.68. The Kier molecular flexibility index (Phi) is 5.06. The van der Waals surface area contributed by atoms with Crippen LogP contribution in [0.5, 0.6) is 0 Å². The van der Waals surface area contributed by atoms with E-state index in [9.17, 15) is 4.79 Å². The number of ether oxygens (including phenoxy) is 1. The van der Waals surface area contributed by atoms with Gasteiger partial charge >= 0.3 is 5.97 Å². The topological polar surface area (TPSA) is 78.1 Å². The number of aromatic nitrogens is 2. The van der Waals surface area contributed by atoms with Gasteiger partial charge in [0, 0.05) is 30.3 Å². The van der Waals surface area contributed by atoms with E-state index in [-0.39, 0.29) is 5.97 Å². The lowest BCUT2D eigenvalue weighted by Crippen LogP contribution is -2.02. The third-order valence-corrected chi connectivity index (χ3v) is 2.56. The summed E-state index contributed by atoms with van der Waals surface area (Å²) in [4.78, 5) is 19.0. The number of rotatable bonds is 5. The zero-order chi connectivity index (χ0) is 11.1. The first-order valence-corrected chi connectivity index (χ1v) is 5.45. The van der Waals surface area contributed by atoms with Crippen LogP contribution in [0.1, 0.15) is 12.0 Å². The van der Waals surface area contributed by atoms with Gasteiger partial charge in [-0.05, 0) is 0 Å². The molecule has 1 aromatic rings. The average Bonchev–Trinajstić information content (AvgIpc) is 2.29. The van der Waals surface area contributed by atoms with Crippen LogP contribution in [0, 0.1) is 0 Å². The van der Waals surface area contributed by atoms with E-state index in [1.165, 1.54) is 18.9 Å². The summed E-state index contributed by atoms with van der Waals surface area (Å²) in [5.41, 5.74) is 6.31. The highest BCUT2D eigenvalue weighted by Crippen LogP contribution is 2.13. The Hall–Kier alpha value is -1.14. The molecule has 0 spiro atoms. The Balaban J connectivity index is 2.34. The molecule has 1 rings (SSSR count). The van der Waals surface area contributed by atoms with E-state index >= 15 is 0 Å². The Morgan fingerprint density at radius 3 is 2.73 bits per heavy atom. The first kappa shape index (κ1) is 11.9. The number of nitrogens with zero attached hydrogens (tertiary/aromatic N) is 2. The van der Waals surface area contributed by atoms with Crippen molar-refractivity contribution in [2.24, 2.45) is 5.73 Å². The fraction of sp³-hybridized carbons (Fsp3) is 0.444. The Morgan fingerprint density at radius 1 is 1.53 bits per heavy atom. The fourth-order valence-electron chi connectivity index (χ4n) is 0.851. The minimum absolute atomic E-state index is 0.221. The number of carbonyl (C=O) groups is 1. The van der Waals surface area contributed by atoms with E-state index < -0.39 is 0 Å². The second-order valence-corrected chi connectivity index (χ2v) is 3.81. The van der Waals surface area contributed by atoms with Crippen molar-refractivity contribution in [2.75, 3.05) is 12.9 Å². The number of carbonyl (C=O) groups excluding carboxylic acids is 1. The van der Waals surface area contributed by atoms with E-state index in [1.807, 2.05) is 0 Å². The summed E-state index contributed by atoms with van der Waals surface area (Å²) in [5, 5.41) is 0.649. The molecule has 2 N–H and O–H groups in total. The second-order valence-electron chi connectivity index (χ2n) is 2.75. The molecule has 0 aliphatic carbocycles. The fourth-order valence-corrected chi connectivity index (χ4v) is 1.56. The first-order valence-electron chi connectivity index (χ1n) is 4.47. The van der Waals surface area contributed by atoms with Gasteiger partial charge in [-0.2, -0.15) is 0 Å². The first-order chi connectivity index (χ1) is 7.26. The van der Waals surface area contributed by atoms with Gasteiger partial charge < -0.3 is 10.5 Å². The van der Waals surface area contributed by atoms with Crippen LogP contribution in [-0.2, 0) is 16.1 Å². The number of thioether (sulfide) groups is 1. The van der Waals surface area contributed by atoms with Gasteiger partial charge in [-0.1, -0.05) is 11.8 Å². The summed E-state index contributed by atoms with van der Waals surface area (Å²) in [6, 6.07) is 0. The molecule has 0 radical (unpaired) electrons. The van der Waals surface area contributed by atoms with E-state index in [0.717, 1.165) is 5.56 Å². The highest BCUT2D eigenvalue weighted by Gasteiger charge is 2.02. The highest BCUT2D eigenvalue weighted by molar-refractivity contribution is 7.99. The quantitative estimate of drug-likeness (QED) is 0.450. The lowest BCUT2D eigenvalue weighted by atomic mass is 10.4. The minimum atomic E-state index is -0.221. The Labute approximate surface area is 92.4 Å². The number of nitrogens with two attached hydrogens (primary N) is 1. The molecular weight excluding hydrogens is 214 g/mol. The van der Waals surface area contributed by atoms with Crippen LogP contribution in [0.3, 0.4) is 0 Å². The summed E-state index contributed by atoms with van der Waals surface area (Å²) in [6.45, 7) is 0.438. The molecule has 0 amide bonds. The van der Waals surface area contributed by atoms with Crippen LogP contribution >= 0.6 is 11.8 Å². The SMILES string of the molecule is COC(=O)CCSc1ncc(CN)cn1. The number of methoxy groups -OCH3 is 1. The van der Waals surface area contributed by atoms with Gasteiger partial charge in [0.15, 0.2) is 5.16 Å². The summed E-state index contributed by atoms with van der Waals surface area (Å²) in [6.07, 6.45) is 3.74. The van der Waals surface area contributed by atoms with Crippen molar-refractivity contribution in [2.45, 2.75) is 18.1 Å². The van der Waals surface area contributed by atoms with Gasteiger partial charge in [0.05, 0.1) is 13.5 Å². The van der Waals surface area contributed by atoms with Crippen LogP contribution in [0.15, 0.2) is 17.6 Å². The van der Waals surface area contributed by atoms with E-state index in [4.69, 9.17) is 5.73 Å². The zero-order valence-electron chi connectivity index (χ0n) is 8.47. The zero-order valence-corrected chi connectivity index (χ0v) is 9.29. The molecule has 6 heteroatoms. The van der Waals surface area contributed by atoms with Crippen molar-refractivity contribution in [1.29, 1.82) is 0 Å². The minimum Gasteiger partial charge on any atom is -0.469 e. The largest absolute Gasteiger partial charge is 0.469 e. The molecule has 5 nitrogen and oxygen atoms in total. The van der Waals surface area contributed by atoms with Gasteiger partial charge in [0.1, 0.15) is 0 Å². The predicted molar refractivity (Wildman–Crippen MR) is 57.3 cm³/mol. The molecule has 1 heterocycles. The molecule has 0 saturated carbocycles. The van der Waals surface area contributed by atoms with Crippen molar-refractivity contribution in [3.63, 3.8) is 0 Å². The Morgan fingerprint density at radius 2 is 2.20 bits per heavy atom. The van der Waals surface area contributed by atoms with Crippen LogP contribution in [0.2, 0.25) is 0 Å². The van der Waals surface area contributed by atoms with Gasteiger partial charge in [-0.15, -0.1) is 0 Å². The smallest absolute Gasteiger partial charge is 0.306 e. The molecule has 0 aromatic carbocycles. The van der Waals surface area contributed by atoms with Crippen LogP contribution in [-0.4, -0.2) is 28.8 Å². The Bertz CT molecular complexity index is 316. The van der Waals surface area contributed by atoms with Gasteiger partial charge in [-0.25, -0.2) is 9.97 Å². The third kappa shape index (κ3) is 4.26. The predicted octanol–water partition coefficient (Wildman–Crippen LogP) is 0.590. The molecular formula is C9H13N3O2S. The number of hydrogen-bond donors (Lipinski definition) is 1. The normalized spacial score (nSPS) is 10.0. The lowest BCUT2D eigenvalue weighted by Gasteiger charge is -2.00. The van der Waals surface area contributed by atoms with Gasteiger partial charge in [-0.3, -0.25) is 4.79 Å². The maximum Gasteiger partial charge on any atom is 0.306 e. The monoisotopic (exact) mass is 227 g/mol. The molecule has 0 aliphatic heterocycles. The van der Waals surface area contributed by atoms with Crippen molar-refractivity contribution in [3.8, 4) is 0 Å². The molecule has 0 saturated heterocycles. The molecule has 0 aliphatic rings. The standard InChI is InChI=1S/C9H13N3O2S/c1-14-8(13)2-3-15-9-11-5-7(4-10)6-12-9/h5-6H,2-4,10H2,1H3. The molecule has 82 valence electrons. The van der Waals surface area contributed by atoms with Crippen molar-refractivity contribution in [1.82, 2.24) is 9.97 Å². The number of esters is 1. The van der Waals surface area contributed by atoms with E-state index in [1.54, 1.807) is 12.4 Å². The molecule has 0 bridgehead atoms. The average molecular weight is 227 g/mol. The lowest BCUT2D eigenvalue weighted by molar-refractivity contribution is -0.140. The molecule has 15 heavy (non-hydrogen) atoms. The maximum absolute atomic E-state index is 10.8. The summed E-state index contributed by atoms with van der Waals surface area (Å²) in [7, 11) is 1.37. The van der Waals surface area contributed by atoms with Crippen molar-refractivity contribution >= 4 is 17.7 Å². The summed E-state index contributed by atoms with van der Waals surface area (Å²) >= 11 is 1.42. The number of hydrogen-bond acceptors (Lipinski definition) is 6. The summed E-state index contributed by atoms with van der Waals surface area (Å²) < 4.78 is 4.52. The van der Waals surface area contributed by atoms with Crippen molar-refractivity contribution < 1.29 is 9.53 Å². The molecule has 0 fully saturated rings. The van der Waals surface area contributed by atoms with Gasteiger partial charge in [0.2, 0.25) is 0 Å². The van der Waals surface area contributed by atoms with Crippen LogP contribution in [0.4, 0.5) is 0 Å². The van der Waals surface area contributed by atoms with Crippen LogP contribution in [0.25, 0.3) is 0 Å². The molecule has 0 unspecified atom stereocenters. The van der Waals surface area contributed by atoms with Crippen molar-refractivity contribution in [3.05, 3.63) is 18.0 Å². The molecule has 1 aromatic heterocycles. The highest BCUT2D eigenvalue weighted by atomic mass is 32.2. The van der Waals surface area contributed by atoms with Gasteiger partial charge in [0.25, 0.3) is 0 Å². The van der Waals surface area contributed by atoms with E-state index in [2.05, 4.69) is 14.7 Å². The van der Waals surface area contributed by atoms with Crippen LogP contribution < -0.4 is 5.73 Å². The molecule has 0 atom stereocenters. The maximum atomic E-state index is 10.8.